The van der Waals surface area contributed by atoms with Crippen LogP contribution in [0.5, 0.6) is 0 Å². The Bertz CT molecular complexity index is 4540. The molecule has 5 nitrogen and oxygen atoms in total. The maximum absolute atomic E-state index is 9.30. The fourth-order valence-electron chi connectivity index (χ4n) is 11.8. The zero-order valence-corrected chi connectivity index (χ0v) is 51.5. The number of para-hydroxylation sites is 1. The maximum atomic E-state index is 9.30. The van der Waals surface area contributed by atoms with Crippen molar-refractivity contribution in [2.75, 3.05) is 33.7 Å². The van der Waals surface area contributed by atoms with Gasteiger partial charge < -0.3 is 19.6 Å². The van der Waals surface area contributed by atoms with Crippen LogP contribution in [0.2, 0.25) is 0 Å². The van der Waals surface area contributed by atoms with Crippen LogP contribution in [0.3, 0.4) is 0 Å². The molecule has 0 aliphatic rings. The van der Waals surface area contributed by atoms with Gasteiger partial charge in [0.05, 0.1) is 11.6 Å². The Morgan fingerprint density at radius 3 is 0.728 bits per heavy atom. The highest BCUT2D eigenvalue weighted by Gasteiger charge is 2.18. The van der Waals surface area contributed by atoms with E-state index in [4.69, 9.17) is 0 Å². The van der Waals surface area contributed by atoms with Crippen molar-refractivity contribution in [3.63, 3.8) is 0 Å². The maximum Gasteiger partial charge on any atom is 0.0992 e. The molecule has 0 aliphatic carbocycles. The second-order valence-electron chi connectivity index (χ2n) is 22.6. The topological polar surface area (TPSA) is 36.8 Å². The van der Waals surface area contributed by atoms with E-state index >= 15 is 0 Å². The van der Waals surface area contributed by atoms with Gasteiger partial charge >= 0.3 is 0 Å². The molecule has 0 N–H and O–H groups in total. The molecular weight excluding hydrogens is 1110 g/mol. The van der Waals surface area contributed by atoms with Gasteiger partial charge in [0.15, 0.2) is 0 Å². The Balaban J connectivity index is 0.000000168. The molecule has 0 fully saturated rings. The highest BCUT2D eigenvalue weighted by Crippen LogP contribution is 2.41. The number of rotatable bonds is 16. The highest BCUT2D eigenvalue weighted by molar-refractivity contribution is 5.85. The van der Waals surface area contributed by atoms with Crippen molar-refractivity contribution < 1.29 is 0 Å². The zero-order valence-electron chi connectivity index (χ0n) is 51.5. The molecule has 0 aromatic heterocycles. The van der Waals surface area contributed by atoms with Gasteiger partial charge in [0.2, 0.25) is 0 Å². The molecule has 0 bridgehead atoms. The predicted molar refractivity (Wildman–Crippen MR) is 389 cm³/mol. The molecule has 0 unspecified atom stereocenters. The monoisotopic (exact) mass is 1180 g/mol. The molecule has 14 aromatic rings. The van der Waals surface area contributed by atoms with Gasteiger partial charge in [-0.25, -0.2) is 0 Å². The number of hydrogen-bond acceptors (Lipinski definition) is 5. The van der Waals surface area contributed by atoms with E-state index in [2.05, 4.69) is 360 Å². The summed E-state index contributed by atoms with van der Waals surface area (Å²) in [6, 6.07) is 133. The first-order chi connectivity index (χ1) is 45.4. The van der Waals surface area contributed by atoms with E-state index in [1.807, 2.05) is 49.5 Å². The van der Waals surface area contributed by atoms with Crippen LogP contribution in [-0.2, 0) is 0 Å². The van der Waals surface area contributed by atoms with Gasteiger partial charge in [0.1, 0.15) is 0 Å². The second kappa shape index (κ2) is 27.9. The van der Waals surface area contributed by atoms with Crippen LogP contribution >= 0.6 is 0 Å². The summed E-state index contributed by atoms with van der Waals surface area (Å²) in [6.07, 6.45) is 0. The molecule has 0 saturated carbocycles. The first-order valence-corrected chi connectivity index (χ1v) is 31.0. The van der Waals surface area contributed by atoms with Crippen LogP contribution in [0.4, 0.5) is 56.9 Å². The Kier molecular flexibility index (Phi) is 17.8. The number of benzene rings is 14. The minimum Gasteiger partial charge on any atom is -0.345 e. The third-order valence-corrected chi connectivity index (χ3v) is 16.8. The van der Waals surface area contributed by atoms with Crippen LogP contribution in [0.25, 0.3) is 66.8 Å². The summed E-state index contributed by atoms with van der Waals surface area (Å²) in [4.78, 5) is 8.96. The standard InChI is InChI=1S/C44H33N3.C43H34N2/c1-46(44-14-8-9-33(31-44)32-45)40-23-15-38(16-24-40)39-21-29-43(30-22-39)47(41-25-17-36(18-26-41)34-10-4-2-5-11-34)42-27-19-37(20-28-42)35-12-6-3-7-13-35;1-44(39-19-9-4-10-20-39)40-27-23-35(24-28-40)36-25-29-41(30-26-36)45(42-21-11-17-37(31-42)33-13-5-2-6-14-33)43-22-12-18-38(32-43)34-15-7-3-8-16-34/h2-31H,1H3;2-32H,1H3. The van der Waals surface area contributed by atoms with Gasteiger partial charge in [-0.15, -0.1) is 0 Å². The van der Waals surface area contributed by atoms with E-state index in [9.17, 15) is 5.26 Å². The largest absolute Gasteiger partial charge is 0.345 e. The van der Waals surface area contributed by atoms with Crippen molar-refractivity contribution in [3.8, 4) is 72.8 Å². The second-order valence-corrected chi connectivity index (χ2v) is 22.6. The lowest BCUT2D eigenvalue weighted by atomic mass is 10.0. The van der Waals surface area contributed by atoms with E-state index in [0.717, 1.165) is 62.3 Å². The Hall–Kier alpha value is -12.2. The first kappa shape index (κ1) is 58.8. The normalized spacial score (nSPS) is 10.7. The van der Waals surface area contributed by atoms with Crippen molar-refractivity contribution >= 4 is 56.9 Å². The van der Waals surface area contributed by atoms with Crippen LogP contribution in [-0.4, -0.2) is 14.1 Å². The molecule has 0 heterocycles. The van der Waals surface area contributed by atoms with E-state index in [1.165, 1.54) is 61.3 Å². The minimum absolute atomic E-state index is 0.652. The summed E-state index contributed by atoms with van der Waals surface area (Å²) in [5.41, 5.74) is 25.9. The summed E-state index contributed by atoms with van der Waals surface area (Å²) in [6.45, 7) is 0. The summed E-state index contributed by atoms with van der Waals surface area (Å²) < 4.78 is 0. The van der Waals surface area contributed by atoms with E-state index in [-0.39, 0.29) is 0 Å². The van der Waals surface area contributed by atoms with Gasteiger partial charge in [-0.2, -0.15) is 5.26 Å². The van der Waals surface area contributed by atoms with Crippen LogP contribution < -0.4 is 19.6 Å². The molecule has 5 heteroatoms. The average Bonchev–Trinajstić information content (AvgIpc) is 0.944. The predicted octanol–water partition coefficient (Wildman–Crippen LogP) is 23.7. The Labute approximate surface area is 541 Å². The van der Waals surface area contributed by atoms with Gasteiger partial charge in [-0.3, -0.25) is 0 Å². The van der Waals surface area contributed by atoms with Gasteiger partial charge in [-0.05, 0) is 194 Å². The SMILES string of the molecule is CN(c1ccc(-c2ccc(N(c3ccc(-c4ccccc4)cc3)c3ccc(-c4ccccc4)cc3)cc2)cc1)c1cccc(C#N)c1.CN(c1ccccc1)c1ccc(-c2ccc(N(c3cccc(-c4ccccc4)c3)c3cccc(-c4ccccc4)c3)cc2)cc1. The minimum atomic E-state index is 0.652. The molecule has 0 radical (unpaired) electrons. The van der Waals surface area contributed by atoms with Crippen molar-refractivity contribution in [1.82, 2.24) is 0 Å². The summed E-state index contributed by atoms with van der Waals surface area (Å²) in [5, 5.41) is 9.30. The quantitative estimate of drug-likeness (QED) is 0.0964. The van der Waals surface area contributed by atoms with Crippen LogP contribution in [0.15, 0.2) is 370 Å². The number of nitrogens with zero attached hydrogens (tertiary/aromatic N) is 5. The smallest absolute Gasteiger partial charge is 0.0992 e. The molecule has 0 aliphatic heterocycles. The fraction of sp³-hybridized carbons (Fsp3) is 0.0230. The summed E-state index contributed by atoms with van der Waals surface area (Å²) in [7, 11) is 4.13. The molecule has 14 aromatic carbocycles. The number of nitriles is 1. The Morgan fingerprint density at radius 2 is 0.402 bits per heavy atom. The molecule has 92 heavy (non-hydrogen) atoms. The third-order valence-electron chi connectivity index (χ3n) is 16.8. The lowest BCUT2D eigenvalue weighted by Crippen LogP contribution is -2.10. The summed E-state index contributed by atoms with van der Waals surface area (Å²) in [5.74, 6) is 0. The zero-order chi connectivity index (χ0) is 62.4. The lowest BCUT2D eigenvalue weighted by molar-refractivity contribution is 1.21. The fourth-order valence-corrected chi connectivity index (χ4v) is 11.8. The Morgan fingerprint density at radius 1 is 0.185 bits per heavy atom. The van der Waals surface area contributed by atoms with E-state index in [1.54, 1.807) is 0 Å². The van der Waals surface area contributed by atoms with Gasteiger partial charge in [0.25, 0.3) is 0 Å². The lowest BCUT2D eigenvalue weighted by Gasteiger charge is -2.27. The molecule has 440 valence electrons. The molecule has 14 rings (SSSR count). The molecule has 0 amide bonds. The van der Waals surface area contributed by atoms with Gasteiger partial charge in [0, 0.05) is 71.0 Å². The molecular formula is C87H67N5. The first-order valence-electron chi connectivity index (χ1n) is 31.0. The number of anilines is 10. The van der Waals surface area contributed by atoms with E-state index in [0.29, 0.717) is 5.56 Å². The van der Waals surface area contributed by atoms with Crippen LogP contribution in [0, 0.1) is 11.3 Å². The molecule has 0 spiro atoms. The van der Waals surface area contributed by atoms with Crippen LogP contribution in [0.1, 0.15) is 5.56 Å². The van der Waals surface area contributed by atoms with Crippen molar-refractivity contribution in [3.05, 3.63) is 376 Å². The summed E-state index contributed by atoms with van der Waals surface area (Å²) >= 11 is 0. The van der Waals surface area contributed by atoms with Crippen molar-refractivity contribution in [1.29, 1.82) is 5.26 Å². The average molecular weight is 1180 g/mol. The van der Waals surface area contributed by atoms with Crippen molar-refractivity contribution in [2.45, 2.75) is 0 Å². The van der Waals surface area contributed by atoms with Gasteiger partial charge in [-0.1, -0.05) is 243 Å². The molecule has 0 saturated heterocycles. The van der Waals surface area contributed by atoms with E-state index < -0.39 is 0 Å². The highest BCUT2D eigenvalue weighted by atomic mass is 15.1. The molecule has 0 atom stereocenters. The third kappa shape index (κ3) is 13.6. The van der Waals surface area contributed by atoms with Crippen molar-refractivity contribution in [2.24, 2.45) is 0 Å². The number of hydrogen-bond donors (Lipinski definition) is 0.